The van der Waals surface area contributed by atoms with E-state index in [1.54, 1.807) is 7.11 Å². The minimum Gasteiger partial charge on any atom is -0.496 e. The van der Waals surface area contributed by atoms with Crippen molar-refractivity contribution in [3.8, 4) is 5.75 Å². The summed E-state index contributed by atoms with van der Waals surface area (Å²) < 4.78 is 5.47. The first-order chi connectivity index (χ1) is 11.1. The summed E-state index contributed by atoms with van der Waals surface area (Å²) in [6.45, 7) is 4.94. The Hall–Kier alpha value is -2.07. The number of carbonyl (C=O) groups is 1. The fourth-order valence-electron chi connectivity index (χ4n) is 2.93. The minimum atomic E-state index is -0.730. The largest absolute Gasteiger partial charge is 0.496 e. The van der Waals surface area contributed by atoms with Crippen LogP contribution in [0.3, 0.4) is 0 Å². The summed E-state index contributed by atoms with van der Waals surface area (Å²) in [5.41, 5.74) is 0.396. The molecule has 0 aliphatic carbocycles. The number of nitrogens with one attached hydrogen (secondary N) is 1. The van der Waals surface area contributed by atoms with Crippen molar-refractivity contribution in [2.24, 2.45) is 5.41 Å². The second kappa shape index (κ2) is 7.47. The molecular weight excluding hydrogens is 290 g/mol. The van der Waals surface area contributed by atoms with Crippen molar-refractivity contribution in [1.82, 2.24) is 5.32 Å². The van der Waals surface area contributed by atoms with Crippen LogP contribution >= 0.6 is 0 Å². The van der Waals surface area contributed by atoms with Crippen molar-refractivity contribution in [1.29, 1.82) is 0 Å². The molecule has 0 spiro atoms. The zero-order valence-electron chi connectivity index (χ0n) is 14.1. The van der Waals surface area contributed by atoms with E-state index in [1.165, 1.54) is 0 Å². The molecule has 0 heterocycles. The summed E-state index contributed by atoms with van der Waals surface area (Å²) in [6, 6.07) is 12.2. The number of ether oxygens (including phenoxy) is 1. The Bertz CT molecular complexity index is 677. The molecule has 0 aliphatic heterocycles. The molecule has 0 aliphatic rings. The second-order valence-corrected chi connectivity index (χ2v) is 5.92. The molecule has 0 aromatic heterocycles. The van der Waals surface area contributed by atoms with Crippen LogP contribution in [0.15, 0.2) is 36.4 Å². The number of carboxylic acid groups (broad SMARTS) is 1. The van der Waals surface area contributed by atoms with Gasteiger partial charge in [-0.3, -0.25) is 4.79 Å². The molecule has 2 N–H and O–H groups in total. The van der Waals surface area contributed by atoms with Gasteiger partial charge in [0.25, 0.3) is 0 Å². The van der Waals surface area contributed by atoms with Gasteiger partial charge in [0.05, 0.1) is 12.5 Å². The van der Waals surface area contributed by atoms with E-state index in [9.17, 15) is 9.90 Å². The Morgan fingerprint density at radius 2 is 1.91 bits per heavy atom. The molecular formula is C19H25NO3. The third-order valence-electron chi connectivity index (χ3n) is 4.70. The van der Waals surface area contributed by atoms with Crippen molar-refractivity contribution >= 4 is 16.7 Å². The van der Waals surface area contributed by atoms with Gasteiger partial charge in [-0.1, -0.05) is 38.1 Å². The lowest BCUT2D eigenvalue weighted by atomic mass is 9.82. The smallest absolute Gasteiger partial charge is 0.310 e. The van der Waals surface area contributed by atoms with E-state index in [0.29, 0.717) is 25.9 Å². The quantitative estimate of drug-likeness (QED) is 0.777. The number of hydrogen-bond donors (Lipinski definition) is 2. The van der Waals surface area contributed by atoms with Crippen LogP contribution in [0.5, 0.6) is 5.75 Å². The summed E-state index contributed by atoms with van der Waals surface area (Å²) in [5, 5.41) is 15.0. The van der Waals surface area contributed by atoms with Crippen LogP contribution in [0.2, 0.25) is 0 Å². The van der Waals surface area contributed by atoms with Gasteiger partial charge in [0.2, 0.25) is 0 Å². The molecule has 0 bridgehead atoms. The Kier molecular flexibility index (Phi) is 5.61. The molecule has 4 heteroatoms. The van der Waals surface area contributed by atoms with Crippen molar-refractivity contribution in [2.75, 3.05) is 13.7 Å². The predicted octanol–water partition coefficient (Wildman–Crippen LogP) is 3.83. The van der Waals surface area contributed by atoms with Crippen molar-refractivity contribution in [3.05, 3.63) is 42.0 Å². The summed E-state index contributed by atoms with van der Waals surface area (Å²) in [4.78, 5) is 11.5. The van der Waals surface area contributed by atoms with Gasteiger partial charge in [-0.2, -0.15) is 0 Å². The summed E-state index contributed by atoms with van der Waals surface area (Å²) in [6.07, 6.45) is 1.24. The Labute approximate surface area is 137 Å². The zero-order valence-corrected chi connectivity index (χ0v) is 14.1. The molecule has 2 aromatic rings. The normalized spacial score (nSPS) is 11.6. The molecule has 0 saturated heterocycles. The molecule has 0 fully saturated rings. The SMILES string of the molecule is CCC(CC)(CNCc1cc(OC)c2ccccc2c1)C(=O)O. The maximum absolute atomic E-state index is 11.5. The fraction of sp³-hybridized carbons (Fsp3) is 0.421. The fourth-order valence-corrected chi connectivity index (χ4v) is 2.93. The highest BCUT2D eigenvalue weighted by molar-refractivity contribution is 5.89. The van der Waals surface area contributed by atoms with Crippen LogP contribution in [0.1, 0.15) is 32.3 Å². The van der Waals surface area contributed by atoms with Crippen molar-refractivity contribution < 1.29 is 14.6 Å². The molecule has 23 heavy (non-hydrogen) atoms. The van der Waals surface area contributed by atoms with Crippen LogP contribution in [0.4, 0.5) is 0 Å². The minimum absolute atomic E-state index is 0.463. The molecule has 0 radical (unpaired) electrons. The lowest BCUT2D eigenvalue weighted by Crippen LogP contribution is -2.40. The molecule has 124 valence electrons. The van der Waals surface area contributed by atoms with Crippen LogP contribution in [0, 0.1) is 5.41 Å². The van der Waals surface area contributed by atoms with E-state index in [4.69, 9.17) is 4.74 Å². The van der Waals surface area contributed by atoms with Gasteiger partial charge in [-0.15, -0.1) is 0 Å². The first-order valence-electron chi connectivity index (χ1n) is 8.06. The highest BCUT2D eigenvalue weighted by Crippen LogP contribution is 2.28. The molecule has 0 amide bonds. The van der Waals surface area contributed by atoms with Gasteiger partial charge in [0, 0.05) is 18.5 Å². The maximum Gasteiger partial charge on any atom is 0.310 e. The third kappa shape index (κ3) is 3.64. The number of aliphatic carboxylic acids is 1. The Morgan fingerprint density at radius 3 is 2.52 bits per heavy atom. The van der Waals surface area contributed by atoms with E-state index in [-0.39, 0.29) is 0 Å². The highest BCUT2D eigenvalue weighted by Gasteiger charge is 2.34. The number of fused-ring (bicyclic) bond motifs is 1. The van der Waals surface area contributed by atoms with Crippen LogP contribution < -0.4 is 10.1 Å². The lowest BCUT2D eigenvalue weighted by Gasteiger charge is -2.27. The average molecular weight is 315 g/mol. The average Bonchev–Trinajstić information content (AvgIpc) is 2.58. The second-order valence-electron chi connectivity index (χ2n) is 5.92. The van der Waals surface area contributed by atoms with E-state index in [0.717, 1.165) is 22.1 Å². The predicted molar refractivity (Wildman–Crippen MR) is 92.9 cm³/mol. The van der Waals surface area contributed by atoms with Crippen molar-refractivity contribution in [3.63, 3.8) is 0 Å². The zero-order chi connectivity index (χ0) is 16.9. The molecule has 0 saturated carbocycles. The number of benzene rings is 2. The third-order valence-corrected chi connectivity index (χ3v) is 4.70. The first kappa shape index (κ1) is 17.3. The summed E-state index contributed by atoms with van der Waals surface area (Å²) in [5.74, 6) is 0.112. The molecule has 2 rings (SSSR count). The van der Waals surface area contributed by atoms with Gasteiger partial charge in [0.1, 0.15) is 5.75 Å². The number of hydrogen-bond acceptors (Lipinski definition) is 3. The Balaban J connectivity index is 2.15. The van der Waals surface area contributed by atoms with Gasteiger partial charge >= 0.3 is 5.97 Å². The van der Waals surface area contributed by atoms with Gasteiger partial charge < -0.3 is 15.2 Å². The Morgan fingerprint density at radius 1 is 1.22 bits per heavy atom. The maximum atomic E-state index is 11.5. The number of carboxylic acids is 1. The summed E-state index contributed by atoms with van der Waals surface area (Å²) in [7, 11) is 1.67. The highest BCUT2D eigenvalue weighted by atomic mass is 16.5. The molecule has 0 atom stereocenters. The van der Waals surface area contributed by atoms with Crippen LogP contribution in [-0.2, 0) is 11.3 Å². The van der Waals surface area contributed by atoms with E-state index < -0.39 is 11.4 Å². The topological polar surface area (TPSA) is 58.6 Å². The molecule has 4 nitrogen and oxygen atoms in total. The molecule has 2 aromatic carbocycles. The van der Waals surface area contributed by atoms with Crippen LogP contribution in [-0.4, -0.2) is 24.7 Å². The van der Waals surface area contributed by atoms with E-state index in [2.05, 4.69) is 17.4 Å². The van der Waals surface area contributed by atoms with Crippen LogP contribution in [0.25, 0.3) is 10.8 Å². The van der Waals surface area contributed by atoms with E-state index in [1.807, 2.05) is 38.1 Å². The monoisotopic (exact) mass is 315 g/mol. The molecule has 0 unspecified atom stereocenters. The lowest BCUT2D eigenvalue weighted by molar-refractivity contribution is -0.149. The van der Waals surface area contributed by atoms with Crippen molar-refractivity contribution in [2.45, 2.75) is 33.2 Å². The summed E-state index contributed by atoms with van der Waals surface area (Å²) >= 11 is 0. The number of rotatable bonds is 8. The van der Waals surface area contributed by atoms with E-state index >= 15 is 0 Å². The van der Waals surface area contributed by atoms with Gasteiger partial charge in [0.15, 0.2) is 0 Å². The standard InChI is InChI=1S/C19H25NO3/c1-4-19(5-2,18(21)22)13-20-12-14-10-15-8-6-7-9-16(15)17(11-14)23-3/h6-11,20H,4-5,12-13H2,1-3H3,(H,21,22). The van der Waals surface area contributed by atoms with Gasteiger partial charge in [-0.25, -0.2) is 0 Å². The number of methoxy groups -OCH3 is 1. The van der Waals surface area contributed by atoms with Gasteiger partial charge in [-0.05, 0) is 35.9 Å². The first-order valence-corrected chi connectivity index (χ1v) is 8.06.